The minimum atomic E-state index is -0.418. The average molecular weight is 236 g/mol. The monoisotopic (exact) mass is 236 g/mol. The van der Waals surface area contributed by atoms with Crippen molar-refractivity contribution in [1.82, 2.24) is 4.90 Å². The van der Waals surface area contributed by atoms with Crippen LogP contribution in [0.1, 0.15) is 17.3 Å². The van der Waals surface area contributed by atoms with Gasteiger partial charge in [-0.05, 0) is 31.2 Å². The van der Waals surface area contributed by atoms with Gasteiger partial charge in [-0.2, -0.15) is 0 Å². The Balaban J connectivity index is 2.63. The molecule has 0 atom stereocenters. The standard InChI is InChI=1S/C12H16N2O3/c1-3-17-11(15)8-14(2)12(16)9-4-6-10(13)7-5-9/h4-7H,3,8,13H2,1-2H3. The summed E-state index contributed by atoms with van der Waals surface area (Å²) in [5.41, 5.74) is 6.61. The van der Waals surface area contributed by atoms with E-state index in [9.17, 15) is 9.59 Å². The molecule has 0 fully saturated rings. The molecular weight excluding hydrogens is 220 g/mol. The van der Waals surface area contributed by atoms with Crippen molar-refractivity contribution in [2.45, 2.75) is 6.92 Å². The molecule has 0 heterocycles. The van der Waals surface area contributed by atoms with Crippen LogP contribution in [0.2, 0.25) is 0 Å². The SMILES string of the molecule is CCOC(=O)CN(C)C(=O)c1ccc(N)cc1. The second-order valence-electron chi connectivity index (χ2n) is 3.59. The van der Waals surface area contributed by atoms with Crippen LogP contribution in [0.15, 0.2) is 24.3 Å². The van der Waals surface area contributed by atoms with E-state index in [1.807, 2.05) is 0 Å². The number of amides is 1. The molecule has 0 saturated carbocycles. The lowest BCUT2D eigenvalue weighted by atomic mass is 10.2. The zero-order chi connectivity index (χ0) is 12.8. The molecular formula is C12H16N2O3. The van der Waals surface area contributed by atoms with Gasteiger partial charge in [-0.15, -0.1) is 0 Å². The molecule has 0 bridgehead atoms. The van der Waals surface area contributed by atoms with Crippen LogP contribution in [-0.2, 0) is 9.53 Å². The first-order chi connectivity index (χ1) is 8.04. The van der Waals surface area contributed by atoms with Gasteiger partial charge in [-0.25, -0.2) is 0 Å². The van der Waals surface area contributed by atoms with Crippen molar-refractivity contribution in [2.75, 3.05) is 25.9 Å². The third-order valence-electron chi connectivity index (χ3n) is 2.18. The lowest BCUT2D eigenvalue weighted by molar-refractivity contribution is -0.143. The molecule has 0 aliphatic rings. The van der Waals surface area contributed by atoms with Gasteiger partial charge in [0, 0.05) is 18.3 Å². The number of nitrogens with two attached hydrogens (primary N) is 1. The van der Waals surface area contributed by atoms with Crippen molar-refractivity contribution in [3.8, 4) is 0 Å². The number of nitrogen functional groups attached to an aromatic ring is 1. The fraction of sp³-hybridized carbons (Fsp3) is 0.333. The predicted octanol–water partition coefficient (Wildman–Crippen LogP) is 0.904. The van der Waals surface area contributed by atoms with Crippen LogP contribution in [-0.4, -0.2) is 37.0 Å². The highest BCUT2D eigenvalue weighted by molar-refractivity contribution is 5.96. The van der Waals surface area contributed by atoms with Gasteiger partial charge in [0.05, 0.1) is 6.61 Å². The number of carbonyl (C=O) groups is 2. The summed E-state index contributed by atoms with van der Waals surface area (Å²) in [7, 11) is 1.55. The van der Waals surface area contributed by atoms with E-state index in [-0.39, 0.29) is 12.5 Å². The summed E-state index contributed by atoms with van der Waals surface area (Å²) in [5, 5.41) is 0. The second kappa shape index (κ2) is 5.89. The third kappa shape index (κ3) is 3.79. The second-order valence-corrected chi connectivity index (χ2v) is 3.59. The Kier molecular flexibility index (Phi) is 4.51. The van der Waals surface area contributed by atoms with E-state index in [2.05, 4.69) is 0 Å². The van der Waals surface area contributed by atoms with Gasteiger partial charge >= 0.3 is 5.97 Å². The number of likely N-dealkylation sites (N-methyl/N-ethyl adjacent to an activating group) is 1. The Morgan fingerprint density at radius 2 is 1.88 bits per heavy atom. The zero-order valence-corrected chi connectivity index (χ0v) is 9.97. The molecule has 5 heteroatoms. The number of hydrogen-bond acceptors (Lipinski definition) is 4. The Bertz CT molecular complexity index is 401. The Hall–Kier alpha value is -2.04. The molecule has 1 aromatic rings. The summed E-state index contributed by atoms with van der Waals surface area (Å²) < 4.78 is 4.76. The number of nitrogens with zero attached hydrogens (tertiary/aromatic N) is 1. The number of rotatable bonds is 4. The number of ether oxygens (including phenoxy) is 1. The first-order valence-electron chi connectivity index (χ1n) is 5.31. The molecule has 0 aliphatic carbocycles. The van der Waals surface area contributed by atoms with Crippen molar-refractivity contribution >= 4 is 17.6 Å². The van der Waals surface area contributed by atoms with E-state index in [1.165, 1.54) is 4.90 Å². The van der Waals surface area contributed by atoms with E-state index in [1.54, 1.807) is 38.2 Å². The molecule has 1 aromatic carbocycles. The summed E-state index contributed by atoms with van der Waals surface area (Å²) in [6.45, 7) is 1.97. The first-order valence-corrected chi connectivity index (χ1v) is 5.31. The van der Waals surface area contributed by atoms with E-state index >= 15 is 0 Å². The van der Waals surface area contributed by atoms with Crippen LogP contribution in [0.4, 0.5) is 5.69 Å². The van der Waals surface area contributed by atoms with Gasteiger partial charge in [0.1, 0.15) is 6.54 Å². The predicted molar refractivity (Wildman–Crippen MR) is 64.4 cm³/mol. The van der Waals surface area contributed by atoms with Crippen molar-refractivity contribution in [3.63, 3.8) is 0 Å². The number of anilines is 1. The van der Waals surface area contributed by atoms with Crippen molar-refractivity contribution in [2.24, 2.45) is 0 Å². The fourth-order valence-electron chi connectivity index (χ4n) is 1.32. The Labute approximate surface area is 100 Å². The highest BCUT2D eigenvalue weighted by atomic mass is 16.5. The summed E-state index contributed by atoms with van der Waals surface area (Å²) >= 11 is 0. The van der Waals surface area contributed by atoms with Crippen LogP contribution in [0.5, 0.6) is 0 Å². The molecule has 0 radical (unpaired) electrons. The number of esters is 1. The molecule has 0 saturated heterocycles. The van der Waals surface area contributed by atoms with Crippen molar-refractivity contribution in [3.05, 3.63) is 29.8 Å². The summed E-state index contributed by atoms with van der Waals surface area (Å²) in [4.78, 5) is 24.4. The van der Waals surface area contributed by atoms with Gasteiger partial charge < -0.3 is 15.4 Å². The topological polar surface area (TPSA) is 72.6 Å². The molecule has 2 N–H and O–H groups in total. The molecule has 0 spiro atoms. The van der Waals surface area contributed by atoms with Crippen LogP contribution in [0.3, 0.4) is 0 Å². The normalized spacial score (nSPS) is 9.76. The maximum absolute atomic E-state index is 11.9. The third-order valence-corrected chi connectivity index (χ3v) is 2.18. The Morgan fingerprint density at radius 1 is 1.29 bits per heavy atom. The number of carbonyl (C=O) groups excluding carboxylic acids is 2. The molecule has 1 rings (SSSR count). The van der Waals surface area contributed by atoms with E-state index in [4.69, 9.17) is 10.5 Å². The molecule has 5 nitrogen and oxygen atoms in total. The minimum absolute atomic E-state index is 0.0585. The van der Waals surface area contributed by atoms with Crippen molar-refractivity contribution in [1.29, 1.82) is 0 Å². The summed E-state index contributed by atoms with van der Waals surface area (Å²) in [6.07, 6.45) is 0. The molecule has 0 aromatic heterocycles. The van der Waals surface area contributed by atoms with Gasteiger partial charge in [0.15, 0.2) is 0 Å². The largest absolute Gasteiger partial charge is 0.465 e. The average Bonchev–Trinajstić information content (AvgIpc) is 2.29. The summed E-state index contributed by atoms with van der Waals surface area (Å²) in [6, 6.07) is 6.54. The molecule has 0 aliphatic heterocycles. The fourth-order valence-corrected chi connectivity index (χ4v) is 1.32. The maximum Gasteiger partial charge on any atom is 0.325 e. The van der Waals surface area contributed by atoms with Crippen LogP contribution >= 0.6 is 0 Å². The highest BCUT2D eigenvalue weighted by Crippen LogP contribution is 2.07. The number of benzene rings is 1. The van der Waals surface area contributed by atoms with Crippen molar-refractivity contribution < 1.29 is 14.3 Å². The van der Waals surface area contributed by atoms with Gasteiger partial charge in [0.2, 0.25) is 0 Å². The van der Waals surface area contributed by atoms with Crippen LogP contribution in [0, 0.1) is 0 Å². The zero-order valence-electron chi connectivity index (χ0n) is 9.97. The lowest BCUT2D eigenvalue weighted by Gasteiger charge is -2.16. The van der Waals surface area contributed by atoms with Crippen LogP contribution < -0.4 is 5.73 Å². The quantitative estimate of drug-likeness (QED) is 0.622. The molecule has 92 valence electrons. The molecule has 17 heavy (non-hydrogen) atoms. The van der Waals surface area contributed by atoms with E-state index < -0.39 is 5.97 Å². The van der Waals surface area contributed by atoms with Crippen LogP contribution in [0.25, 0.3) is 0 Å². The van der Waals surface area contributed by atoms with Gasteiger partial charge in [-0.1, -0.05) is 0 Å². The lowest BCUT2D eigenvalue weighted by Crippen LogP contribution is -2.33. The smallest absolute Gasteiger partial charge is 0.325 e. The maximum atomic E-state index is 11.9. The van der Waals surface area contributed by atoms with E-state index in [0.29, 0.717) is 17.9 Å². The minimum Gasteiger partial charge on any atom is -0.465 e. The Morgan fingerprint density at radius 3 is 2.41 bits per heavy atom. The first kappa shape index (κ1) is 13.0. The number of hydrogen-bond donors (Lipinski definition) is 1. The van der Waals surface area contributed by atoms with E-state index in [0.717, 1.165) is 0 Å². The van der Waals surface area contributed by atoms with Gasteiger partial charge in [0.25, 0.3) is 5.91 Å². The summed E-state index contributed by atoms with van der Waals surface area (Å²) in [5.74, 6) is -0.656. The molecule has 1 amide bonds. The highest BCUT2D eigenvalue weighted by Gasteiger charge is 2.15. The van der Waals surface area contributed by atoms with Gasteiger partial charge in [-0.3, -0.25) is 9.59 Å². The molecule has 0 unspecified atom stereocenters.